The van der Waals surface area contributed by atoms with Crippen LogP contribution in [-0.2, 0) is 0 Å². The van der Waals surface area contributed by atoms with Gasteiger partial charge in [0, 0.05) is 12.6 Å². The van der Waals surface area contributed by atoms with Crippen LogP contribution < -0.4 is 5.32 Å². The zero-order chi connectivity index (χ0) is 18.0. The van der Waals surface area contributed by atoms with Crippen molar-refractivity contribution in [2.45, 2.75) is 20.0 Å². The molecular formula is C19H18FN3O2. The standard InChI is InChI=1S/C19H18FN3O2/c1-11-12(2)23-18-15(8-14(20)9-16(18)22-11)19(25)21-10-17(24)13-6-4-3-5-7-13/h3-9,17,24H,10H2,1-2H3,(H,21,25)/t17-/m1/s1. The second-order valence-corrected chi connectivity index (χ2v) is 5.85. The van der Waals surface area contributed by atoms with Gasteiger partial charge in [-0.2, -0.15) is 0 Å². The number of benzene rings is 2. The average molecular weight is 339 g/mol. The van der Waals surface area contributed by atoms with E-state index in [0.29, 0.717) is 28.0 Å². The Balaban J connectivity index is 1.86. The summed E-state index contributed by atoms with van der Waals surface area (Å²) in [5, 5.41) is 12.8. The molecule has 0 aliphatic rings. The van der Waals surface area contributed by atoms with Gasteiger partial charge in [0.15, 0.2) is 0 Å². The zero-order valence-corrected chi connectivity index (χ0v) is 14.0. The van der Waals surface area contributed by atoms with Crippen molar-refractivity contribution in [1.29, 1.82) is 0 Å². The molecule has 0 aliphatic carbocycles. The number of aliphatic hydroxyl groups excluding tert-OH is 1. The van der Waals surface area contributed by atoms with E-state index in [1.807, 2.05) is 6.07 Å². The molecule has 0 saturated heterocycles. The van der Waals surface area contributed by atoms with Gasteiger partial charge in [-0.05, 0) is 25.5 Å². The van der Waals surface area contributed by atoms with E-state index in [2.05, 4.69) is 15.3 Å². The molecule has 25 heavy (non-hydrogen) atoms. The number of nitrogens with zero attached hydrogens (tertiary/aromatic N) is 2. The Morgan fingerprint density at radius 2 is 1.84 bits per heavy atom. The van der Waals surface area contributed by atoms with Gasteiger partial charge in [-0.1, -0.05) is 30.3 Å². The summed E-state index contributed by atoms with van der Waals surface area (Å²) in [6.07, 6.45) is -0.847. The molecule has 2 aromatic carbocycles. The van der Waals surface area contributed by atoms with Gasteiger partial charge in [-0.3, -0.25) is 4.79 Å². The van der Waals surface area contributed by atoms with Crippen molar-refractivity contribution < 1.29 is 14.3 Å². The molecule has 0 unspecified atom stereocenters. The van der Waals surface area contributed by atoms with Crippen LogP contribution >= 0.6 is 0 Å². The number of aromatic nitrogens is 2. The van der Waals surface area contributed by atoms with Crippen molar-refractivity contribution >= 4 is 16.9 Å². The molecule has 1 heterocycles. The fraction of sp³-hybridized carbons (Fsp3) is 0.211. The fourth-order valence-electron chi connectivity index (χ4n) is 2.55. The van der Waals surface area contributed by atoms with Gasteiger partial charge in [0.25, 0.3) is 5.91 Å². The molecule has 0 saturated carbocycles. The van der Waals surface area contributed by atoms with Gasteiger partial charge in [0.05, 0.1) is 28.6 Å². The van der Waals surface area contributed by atoms with Crippen molar-refractivity contribution in [1.82, 2.24) is 15.3 Å². The van der Waals surface area contributed by atoms with Crippen LogP contribution in [0.3, 0.4) is 0 Å². The van der Waals surface area contributed by atoms with E-state index >= 15 is 0 Å². The highest BCUT2D eigenvalue weighted by atomic mass is 19.1. The van der Waals surface area contributed by atoms with Crippen LogP contribution in [0.25, 0.3) is 11.0 Å². The third-order valence-corrected chi connectivity index (χ3v) is 4.03. The van der Waals surface area contributed by atoms with Crippen LogP contribution in [0, 0.1) is 19.7 Å². The van der Waals surface area contributed by atoms with Gasteiger partial charge in [-0.25, -0.2) is 14.4 Å². The molecule has 3 aromatic rings. The molecule has 0 fully saturated rings. The predicted molar refractivity (Wildman–Crippen MR) is 92.7 cm³/mol. The minimum Gasteiger partial charge on any atom is -0.387 e. The Morgan fingerprint density at radius 1 is 1.16 bits per heavy atom. The maximum Gasteiger partial charge on any atom is 0.253 e. The van der Waals surface area contributed by atoms with E-state index < -0.39 is 17.8 Å². The van der Waals surface area contributed by atoms with E-state index in [1.54, 1.807) is 38.1 Å². The molecule has 6 heteroatoms. The molecule has 1 aromatic heterocycles. The largest absolute Gasteiger partial charge is 0.387 e. The summed E-state index contributed by atoms with van der Waals surface area (Å²) in [6.45, 7) is 3.58. The van der Waals surface area contributed by atoms with E-state index in [-0.39, 0.29) is 12.1 Å². The molecule has 0 aliphatic heterocycles. The van der Waals surface area contributed by atoms with Crippen molar-refractivity contribution in [2.24, 2.45) is 0 Å². The summed E-state index contributed by atoms with van der Waals surface area (Å²) in [4.78, 5) is 21.1. The highest BCUT2D eigenvalue weighted by Crippen LogP contribution is 2.19. The molecular weight excluding hydrogens is 321 g/mol. The summed E-state index contributed by atoms with van der Waals surface area (Å²) < 4.78 is 13.9. The lowest BCUT2D eigenvalue weighted by molar-refractivity contribution is 0.0917. The number of aryl methyl sites for hydroxylation is 2. The quantitative estimate of drug-likeness (QED) is 0.766. The first-order chi connectivity index (χ1) is 12.0. The molecule has 0 spiro atoms. The number of aliphatic hydroxyl groups is 1. The molecule has 0 radical (unpaired) electrons. The van der Waals surface area contributed by atoms with Crippen molar-refractivity contribution in [3.05, 3.63) is 70.8 Å². The Kier molecular flexibility index (Phi) is 4.72. The monoisotopic (exact) mass is 339 g/mol. The fourth-order valence-corrected chi connectivity index (χ4v) is 2.55. The summed E-state index contributed by atoms with van der Waals surface area (Å²) in [6, 6.07) is 11.4. The second kappa shape index (κ2) is 6.94. The highest BCUT2D eigenvalue weighted by Gasteiger charge is 2.17. The van der Waals surface area contributed by atoms with E-state index in [0.717, 1.165) is 6.07 Å². The number of carbonyl (C=O) groups excluding carboxylic acids is 1. The van der Waals surface area contributed by atoms with Gasteiger partial charge in [0.1, 0.15) is 11.3 Å². The number of halogens is 1. The lowest BCUT2D eigenvalue weighted by Crippen LogP contribution is -2.28. The zero-order valence-electron chi connectivity index (χ0n) is 14.0. The van der Waals surface area contributed by atoms with Crippen LogP contribution in [-0.4, -0.2) is 27.5 Å². The molecule has 0 bridgehead atoms. The first kappa shape index (κ1) is 17.0. The van der Waals surface area contributed by atoms with Crippen molar-refractivity contribution in [2.75, 3.05) is 6.54 Å². The molecule has 128 valence electrons. The normalized spacial score (nSPS) is 12.2. The Hall–Kier alpha value is -2.86. The first-order valence-electron chi connectivity index (χ1n) is 7.91. The highest BCUT2D eigenvalue weighted by molar-refractivity contribution is 6.04. The van der Waals surface area contributed by atoms with Crippen LogP contribution in [0.5, 0.6) is 0 Å². The molecule has 1 atom stereocenters. The SMILES string of the molecule is Cc1nc2cc(F)cc(C(=O)NC[C@@H](O)c3ccccc3)c2nc1C. The minimum absolute atomic E-state index is 0.0130. The lowest BCUT2D eigenvalue weighted by Gasteiger charge is -2.13. The van der Waals surface area contributed by atoms with Crippen LogP contribution in [0.2, 0.25) is 0 Å². The van der Waals surface area contributed by atoms with E-state index in [1.165, 1.54) is 6.07 Å². The Bertz CT molecular complexity index is 929. The third kappa shape index (κ3) is 3.64. The smallest absolute Gasteiger partial charge is 0.253 e. The van der Waals surface area contributed by atoms with E-state index in [4.69, 9.17) is 0 Å². The van der Waals surface area contributed by atoms with Gasteiger partial charge >= 0.3 is 0 Å². The van der Waals surface area contributed by atoms with E-state index in [9.17, 15) is 14.3 Å². The maximum absolute atomic E-state index is 13.9. The van der Waals surface area contributed by atoms with Gasteiger partial charge < -0.3 is 10.4 Å². The minimum atomic E-state index is -0.847. The summed E-state index contributed by atoms with van der Waals surface area (Å²) in [5.74, 6) is -1.06. The Morgan fingerprint density at radius 3 is 2.56 bits per heavy atom. The number of amides is 1. The predicted octanol–water partition coefficient (Wildman–Crippen LogP) is 2.85. The second-order valence-electron chi connectivity index (χ2n) is 5.85. The first-order valence-corrected chi connectivity index (χ1v) is 7.91. The summed E-state index contributed by atoms with van der Waals surface area (Å²) >= 11 is 0. The van der Waals surface area contributed by atoms with Crippen LogP contribution in [0.4, 0.5) is 4.39 Å². The average Bonchev–Trinajstić information content (AvgIpc) is 2.61. The van der Waals surface area contributed by atoms with Crippen LogP contribution in [0.1, 0.15) is 33.4 Å². The van der Waals surface area contributed by atoms with Crippen molar-refractivity contribution in [3.8, 4) is 0 Å². The van der Waals surface area contributed by atoms with Gasteiger partial charge in [-0.15, -0.1) is 0 Å². The number of fused-ring (bicyclic) bond motifs is 1. The van der Waals surface area contributed by atoms with Gasteiger partial charge in [0.2, 0.25) is 0 Å². The Labute approximate surface area is 144 Å². The maximum atomic E-state index is 13.9. The van der Waals surface area contributed by atoms with Crippen molar-refractivity contribution in [3.63, 3.8) is 0 Å². The number of hydrogen-bond donors (Lipinski definition) is 2. The summed E-state index contributed by atoms with van der Waals surface area (Å²) in [5.41, 5.74) is 2.83. The number of hydrogen-bond acceptors (Lipinski definition) is 4. The molecule has 3 rings (SSSR count). The van der Waals surface area contributed by atoms with Crippen LogP contribution in [0.15, 0.2) is 42.5 Å². The summed E-state index contributed by atoms with van der Waals surface area (Å²) in [7, 11) is 0. The number of rotatable bonds is 4. The lowest BCUT2D eigenvalue weighted by atomic mass is 10.1. The molecule has 1 amide bonds. The molecule has 5 nitrogen and oxygen atoms in total. The topological polar surface area (TPSA) is 75.1 Å². The number of carbonyl (C=O) groups is 1. The number of nitrogens with one attached hydrogen (secondary N) is 1. The molecule has 2 N–H and O–H groups in total. The third-order valence-electron chi connectivity index (χ3n) is 4.03.